The molecule has 1 heterocycles. The van der Waals surface area contributed by atoms with Crippen LogP contribution in [0.1, 0.15) is 20.8 Å². The molecule has 0 radical (unpaired) electrons. The third-order valence-electron chi connectivity index (χ3n) is 1.34. The second kappa shape index (κ2) is 3.77. The molecule has 0 aliphatic carbocycles. The lowest BCUT2D eigenvalue weighted by molar-refractivity contribution is 0.117. The minimum atomic E-state index is -0.557. The molecule has 0 spiro atoms. The number of rotatable bonds is 2. The number of anilines is 1. The van der Waals surface area contributed by atoms with E-state index in [0.29, 0.717) is 5.95 Å². The van der Waals surface area contributed by atoms with Crippen LogP contribution in [0, 0.1) is 5.82 Å². The lowest BCUT2D eigenvalue weighted by Crippen LogP contribution is -2.24. The van der Waals surface area contributed by atoms with Crippen LogP contribution in [-0.4, -0.2) is 22.6 Å². The van der Waals surface area contributed by atoms with Crippen molar-refractivity contribution in [3.63, 3.8) is 0 Å². The van der Waals surface area contributed by atoms with Gasteiger partial charge in [0.25, 0.3) is 5.88 Å². The van der Waals surface area contributed by atoms with Gasteiger partial charge in [-0.25, -0.2) is 4.98 Å². The normalized spacial score (nSPS) is 11.2. The Kier molecular flexibility index (Phi) is 2.88. The number of hydrogen-bond donors (Lipinski definition) is 1. The highest BCUT2D eigenvalue weighted by molar-refractivity contribution is 5.27. The number of hydrogen-bond acceptors (Lipinski definition) is 4. The summed E-state index contributed by atoms with van der Waals surface area (Å²) in [6.45, 7) is 5.48. The standard InChI is InChI=1S/C9H14FN3O/c1-9(2,3)14-7-6(10)5-12-8(11-4)13-7/h5H,1-4H3,(H,11,12,13). The minimum Gasteiger partial charge on any atom is -0.470 e. The van der Waals surface area contributed by atoms with Gasteiger partial charge in [-0.1, -0.05) is 0 Å². The molecule has 0 unspecified atom stereocenters. The maximum Gasteiger partial charge on any atom is 0.255 e. The van der Waals surface area contributed by atoms with E-state index in [4.69, 9.17) is 4.74 Å². The van der Waals surface area contributed by atoms with Crippen molar-refractivity contribution in [1.82, 2.24) is 9.97 Å². The lowest BCUT2D eigenvalue weighted by atomic mass is 10.2. The molecule has 0 saturated heterocycles. The molecule has 1 rings (SSSR count). The van der Waals surface area contributed by atoms with Gasteiger partial charge in [-0.15, -0.1) is 0 Å². The van der Waals surface area contributed by atoms with Crippen molar-refractivity contribution in [1.29, 1.82) is 0 Å². The molecule has 1 N–H and O–H groups in total. The van der Waals surface area contributed by atoms with E-state index in [-0.39, 0.29) is 5.88 Å². The summed E-state index contributed by atoms with van der Waals surface area (Å²) in [7, 11) is 1.66. The summed E-state index contributed by atoms with van der Waals surface area (Å²) in [5, 5.41) is 2.71. The monoisotopic (exact) mass is 199 g/mol. The maximum atomic E-state index is 13.2. The average molecular weight is 199 g/mol. The van der Waals surface area contributed by atoms with Crippen LogP contribution < -0.4 is 10.1 Å². The molecule has 14 heavy (non-hydrogen) atoms. The Morgan fingerprint density at radius 1 is 1.43 bits per heavy atom. The molecule has 0 atom stereocenters. The number of nitrogens with one attached hydrogen (secondary N) is 1. The lowest BCUT2D eigenvalue weighted by Gasteiger charge is -2.20. The summed E-state index contributed by atoms with van der Waals surface area (Å²) in [4.78, 5) is 7.57. The van der Waals surface area contributed by atoms with Gasteiger partial charge >= 0.3 is 0 Å². The van der Waals surface area contributed by atoms with Gasteiger partial charge in [0.05, 0.1) is 6.20 Å². The Balaban J connectivity index is 2.95. The van der Waals surface area contributed by atoms with Crippen molar-refractivity contribution in [3.05, 3.63) is 12.0 Å². The van der Waals surface area contributed by atoms with Gasteiger partial charge in [0.15, 0.2) is 0 Å². The van der Waals surface area contributed by atoms with E-state index in [9.17, 15) is 4.39 Å². The molecule has 0 aliphatic rings. The molecule has 5 heteroatoms. The summed E-state index contributed by atoms with van der Waals surface area (Å²) in [5.74, 6) is -0.249. The molecule has 0 bridgehead atoms. The predicted molar refractivity (Wildman–Crippen MR) is 51.9 cm³/mol. The quantitative estimate of drug-likeness (QED) is 0.789. The topological polar surface area (TPSA) is 47.0 Å². The molecule has 1 aromatic rings. The van der Waals surface area contributed by atoms with Crippen LogP contribution in [0.3, 0.4) is 0 Å². The van der Waals surface area contributed by atoms with Gasteiger partial charge in [0, 0.05) is 7.05 Å². The van der Waals surface area contributed by atoms with E-state index in [0.717, 1.165) is 6.20 Å². The highest BCUT2D eigenvalue weighted by atomic mass is 19.1. The third kappa shape index (κ3) is 2.83. The molecule has 78 valence electrons. The Labute approximate surface area is 82.5 Å². The fourth-order valence-electron chi connectivity index (χ4n) is 0.834. The van der Waals surface area contributed by atoms with Crippen molar-refractivity contribution < 1.29 is 9.13 Å². The third-order valence-corrected chi connectivity index (χ3v) is 1.34. The van der Waals surface area contributed by atoms with Crippen LogP contribution >= 0.6 is 0 Å². The first-order chi connectivity index (χ1) is 6.42. The zero-order chi connectivity index (χ0) is 10.8. The van der Waals surface area contributed by atoms with E-state index in [1.54, 1.807) is 7.05 Å². The SMILES string of the molecule is CNc1ncc(F)c(OC(C)(C)C)n1. The molecule has 4 nitrogen and oxygen atoms in total. The summed E-state index contributed by atoms with van der Waals surface area (Å²) >= 11 is 0. The zero-order valence-corrected chi connectivity index (χ0v) is 8.76. The van der Waals surface area contributed by atoms with Gasteiger partial charge in [-0.05, 0) is 20.8 Å². The second-order valence-corrected chi connectivity index (χ2v) is 3.81. The molecular weight excluding hydrogens is 185 g/mol. The Morgan fingerprint density at radius 2 is 2.07 bits per heavy atom. The van der Waals surface area contributed by atoms with Crippen LogP contribution in [0.15, 0.2) is 6.20 Å². The molecular formula is C9H14FN3O. The summed E-state index contributed by atoms with van der Waals surface area (Å²) in [6.07, 6.45) is 1.08. The fraction of sp³-hybridized carbons (Fsp3) is 0.556. The average Bonchev–Trinajstić information content (AvgIpc) is 2.06. The maximum absolute atomic E-state index is 13.2. The van der Waals surface area contributed by atoms with Crippen molar-refractivity contribution in [2.24, 2.45) is 0 Å². The first-order valence-electron chi connectivity index (χ1n) is 4.31. The van der Waals surface area contributed by atoms with Crippen LogP contribution in [0.2, 0.25) is 0 Å². The summed E-state index contributed by atoms with van der Waals surface area (Å²) in [6, 6.07) is 0. The van der Waals surface area contributed by atoms with Crippen LogP contribution in [0.4, 0.5) is 10.3 Å². The first-order valence-corrected chi connectivity index (χ1v) is 4.31. The van der Waals surface area contributed by atoms with Crippen molar-refractivity contribution in [2.45, 2.75) is 26.4 Å². The first kappa shape index (κ1) is 10.7. The molecule has 0 aromatic carbocycles. The van der Waals surface area contributed by atoms with E-state index in [1.165, 1.54) is 0 Å². The van der Waals surface area contributed by atoms with E-state index in [2.05, 4.69) is 15.3 Å². The van der Waals surface area contributed by atoms with Crippen LogP contribution in [0.5, 0.6) is 5.88 Å². The highest BCUT2D eigenvalue weighted by Crippen LogP contribution is 2.19. The zero-order valence-electron chi connectivity index (χ0n) is 8.76. The van der Waals surface area contributed by atoms with Gasteiger partial charge < -0.3 is 10.1 Å². The van der Waals surface area contributed by atoms with Gasteiger partial charge in [-0.3, -0.25) is 0 Å². The van der Waals surface area contributed by atoms with Crippen molar-refractivity contribution in [3.8, 4) is 5.88 Å². The molecule has 0 aliphatic heterocycles. The van der Waals surface area contributed by atoms with Crippen molar-refractivity contribution in [2.75, 3.05) is 12.4 Å². The van der Waals surface area contributed by atoms with Gasteiger partial charge in [0.2, 0.25) is 11.8 Å². The Morgan fingerprint density at radius 3 is 2.57 bits per heavy atom. The molecule has 0 amide bonds. The smallest absolute Gasteiger partial charge is 0.255 e. The van der Waals surface area contributed by atoms with Crippen LogP contribution in [-0.2, 0) is 0 Å². The number of aromatic nitrogens is 2. The van der Waals surface area contributed by atoms with Gasteiger partial charge in [-0.2, -0.15) is 9.37 Å². The van der Waals surface area contributed by atoms with Crippen molar-refractivity contribution >= 4 is 5.95 Å². The Hall–Kier alpha value is -1.39. The number of nitrogens with zero attached hydrogens (tertiary/aromatic N) is 2. The fourth-order valence-corrected chi connectivity index (χ4v) is 0.834. The van der Waals surface area contributed by atoms with E-state index >= 15 is 0 Å². The molecule has 1 aromatic heterocycles. The molecule has 0 fully saturated rings. The Bertz CT molecular complexity index is 322. The van der Waals surface area contributed by atoms with E-state index in [1.807, 2.05) is 20.8 Å². The van der Waals surface area contributed by atoms with Gasteiger partial charge in [0.1, 0.15) is 5.60 Å². The number of ether oxygens (including phenoxy) is 1. The largest absolute Gasteiger partial charge is 0.470 e. The second-order valence-electron chi connectivity index (χ2n) is 3.81. The predicted octanol–water partition coefficient (Wildman–Crippen LogP) is 1.83. The molecule has 0 saturated carbocycles. The summed E-state index contributed by atoms with van der Waals surface area (Å²) < 4.78 is 18.5. The van der Waals surface area contributed by atoms with Crippen LogP contribution in [0.25, 0.3) is 0 Å². The summed E-state index contributed by atoms with van der Waals surface area (Å²) in [5.41, 5.74) is -0.472. The van der Waals surface area contributed by atoms with E-state index < -0.39 is 11.4 Å². The highest BCUT2D eigenvalue weighted by Gasteiger charge is 2.16. The minimum absolute atomic E-state index is 0.0307. The number of halogens is 1.